The predicted octanol–water partition coefficient (Wildman–Crippen LogP) is 2.23. The number of nitriles is 1. The van der Waals surface area contributed by atoms with Gasteiger partial charge < -0.3 is 5.32 Å². The first-order valence-electron chi connectivity index (χ1n) is 5.87. The van der Waals surface area contributed by atoms with Crippen LogP contribution in [0.25, 0.3) is 0 Å². The minimum absolute atomic E-state index is 0.0903. The van der Waals surface area contributed by atoms with Crippen LogP contribution in [-0.2, 0) is 4.79 Å². The van der Waals surface area contributed by atoms with Crippen molar-refractivity contribution in [3.8, 4) is 6.07 Å². The number of hydrogen-bond acceptors (Lipinski definition) is 2. The first kappa shape index (κ1) is 12.0. The van der Waals surface area contributed by atoms with Crippen LogP contribution in [0, 0.1) is 23.2 Å². The van der Waals surface area contributed by atoms with E-state index in [-0.39, 0.29) is 11.9 Å². The van der Waals surface area contributed by atoms with Crippen LogP contribution in [0.2, 0.25) is 0 Å². The highest BCUT2D eigenvalue weighted by Crippen LogP contribution is 2.33. The zero-order valence-electron chi connectivity index (χ0n) is 9.62. The Bertz CT molecular complexity index is 253. The molecule has 1 aliphatic rings. The molecule has 15 heavy (non-hydrogen) atoms. The molecule has 3 heteroatoms. The van der Waals surface area contributed by atoms with E-state index in [1.807, 2.05) is 13.8 Å². The largest absolute Gasteiger partial charge is 0.353 e. The van der Waals surface area contributed by atoms with Crippen molar-refractivity contribution in [3.63, 3.8) is 0 Å². The van der Waals surface area contributed by atoms with Gasteiger partial charge in [0, 0.05) is 6.04 Å². The topological polar surface area (TPSA) is 52.9 Å². The van der Waals surface area contributed by atoms with Crippen LogP contribution in [0.5, 0.6) is 0 Å². The van der Waals surface area contributed by atoms with E-state index in [9.17, 15) is 4.79 Å². The van der Waals surface area contributed by atoms with Crippen LogP contribution in [-0.4, -0.2) is 11.9 Å². The highest BCUT2D eigenvalue weighted by Gasteiger charge is 2.25. The van der Waals surface area contributed by atoms with Crippen molar-refractivity contribution in [1.82, 2.24) is 5.32 Å². The Hall–Kier alpha value is -1.04. The number of hydrogen-bond donors (Lipinski definition) is 1. The van der Waals surface area contributed by atoms with E-state index >= 15 is 0 Å². The van der Waals surface area contributed by atoms with Crippen molar-refractivity contribution in [2.24, 2.45) is 11.8 Å². The van der Waals surface area contributed by atoms with Crippen LogP contribution in [0.3, 0.4) is 0 Å². The van der Waals surface area contributed by atoms with Gasteiger partial charge >= 0.3 is 0 Å². The third-order valence-corrected chi connectivity index (χ3v) is 2.82. The average Bonchev–Trinajstić information content (AvgIpc) is 2.97. The molecular weight excluding hydrogens is 188 g/mol. The molecule has 1 fully saturated rings. The maximum atomic E-state index is 11.6. The molecule has 1 amide bonds. The third kappa shape index (κ3) is 4.33. The molecule has 0 aliphatic heterocycles. The monoisotopic (exact) mass is 208 g/mol. The van der Waals surface area contributed by atoms with Crippen molar-refractivity contribution < 1.29 is 4.79 Å². The van der Waals surface area contributed by atoms with Crippen LogP contribution >= 0.6 is 0 Å². The molecule has 0 aromatic heterocycles. The second-order valence-electron chi connectivity index (χ2n) is 4.56. The Labute approximate surface area is 91.9 Å². The maximum absolute atomic E-state index is 11.6. The lowest BCUT2D eigenvalue weighted by Crippen LogP contribution is -2.37. The molecule has 0 radical (unpaired) electrons. The molecule has 1 saturated carbocycles. The van der Waals surface area contributed by atoms with Crippen LogP contribution in [0.4, 0.5) is 0 Å². The second kappa shape index (κ2) is 5.75. The number of nitrogens with zero attached hydrogens (tertiary/aromatic N) is 1. The zero-order valence-corrected chi connectivity index (χ0v) is 9.62. The first-order valence-corrected chi connectivity index (χ1v) is 5.87. The SMILES string of the molecule is CCCC(C#N)C(=O)NC(C)CC1CC1. The van der Waals surface area contributed by atoms with Gasteiger partial charge in [-0.15, -0.1) is 0 Å². The third-order valence-electron chi connectivity index (χ3n) is 2.82. The van der Waals surface area contributed by atoms with Crippen LogP contribution < -0.4 is 5.32 Å². The summed E-state index contributed by atoms with van der Waals surface area (Å²) < 4.78 is 0. The summed E-state index contributed by atoms with van der Waals surface area (Å²) in [4.78, 5) is 11.6. The van der Waals surface area contributed by atoms with E-state index < -0.39 is 5.92 Å². The van der Waals surface area contributed by atoms with E-state index in [4.69, 9.17) is 5.26 Å². The van der Waals surface area contributed by atoms with Crippen molar-refractivity contribution >= 4 is 5.91 Å². The summed E-state index contributed by atoms with van der Waals surface area (Å²) in [5.41, 5.74) is 0. The zero-order chi connectivity index (χ0) is 11.3. The quantitative estimate of drug-likeness (QED) is 0.727. The highest BCUT2D eigenvalue weighted by atomic mass is 16.1. The maximum Gasteiger partial charge on any atom is 0.237 e. The first-order chi connectivity index (χ1) is 7.17. The molecule has 0 spiro atoms. The van der Waals surface area contributed by atoms with Gasteiger partial charge in [0.1, 0.15) is 5.92 Å². The molecule has 0 bridgehead atoms. The molecule has 0 aromatic rings. The van der Waals surface area contributed by atoms with Gasteiger partial charge in [-0.25, -0.2) is 0 Å². The smallest absolute Gasteiger partial charge is 0.237 e. The summed E-state index contributed by atoms with van der Waals surface area (Å²) in [5.74, 6) is 0.260. The van der Waals surface area contributed by atoms with Crippen molar-refractivity contribution in [3.05, 3.63) is 0 Å². The number of carbonyl (C=O) groups is 1. The summed E-state index contributed by atoms with van der Waals surface area (Å²) in [7, 11) is 0. The van der Waals surface area contributed by atoms with E-state index in [1.54, 1.807) is 0 Å². The molecule has 0 saturated heterocycles. The standard InChI is InChI=1S/C12H20N2O/c1-3-4-11(8-13)12(15)14-9(2)7-10-5-6-10/h9-11H,3-7H2,1-2H3,(H,14,15). The molecule has 3 nitrogen and oxygen atoms in total. The highest BCUT2D eigenvalue weighted by molar-refractivity contribution is 5.81. The number of carbonyl (C=O) groups excluding carboxylic acids is 1. The van der Waals surface area contributed by atoms with Gasteiger partial charge in [0.2, 0.25) is 5.91 Å². The van der Waals surface area contributed by atoms with E-state index in [0.717, 1.165) is 18.8 Å². The number of rotatable bonds is 6. The fourth-order valence-corrected chi connectivity index (χ4v) is 1.80. The number of nitrogens with one attached hydrogen (secondary N) is 1. The van der Waals surface area contributed by atoms with Gasteiger partial charge in [0.25, 0.3) is 0 Å². The van der Waals surface area contributed by atoms with E-state index in [2.05, 4.69) is 11.4 Å². The molecule has 1 N–H and O–H groups in total. The van der Waals surface area contributed by atoms with Gasteiger partial charge in [-0.3, -0.25) is 4.79 Å². The van der Waals surface area contributed by atoms with Crippen molar-refractivity contribution in [1.29, 1.82) is 5.26 Å². The van der Waals surface area contributed by atoms with Gasteiger partial charge in [-0.05, 0) is 25.7 Å². The second-order valence-corrected chi connectivity index (χ2v) is 4.56. The van der Waals surface area contributed by atoms with Crippen LogP contribution in [0.1, 0.15) is 46.0 Å². The summed E-state index contributed by atoms with van der Waals surface area (Å²) in [6.07, 6.45) is 5.21. The molecule has 84 valence electrons. The summed E-state index contributed by atoms with van der Waals surface area (Å²) in [6, 6.07) is 2.29. The fourth-order valence-electron chi connectivity index (χ4n) is 1.80. The average molecular weight is 208 g/mol. The summed E-state index contributed by atoms with van der Waals surface area (Å²) in [6.45, 7) is 4.02. The molecule has 2 unspecified atom stereocenters. The molecule has 1 rings (SSSR count). The van der Waals surface area contributed by atoms with Gasteiger partial charge in [0.15, 0.2) is 0 Å². The molecule has 0 aromatic carbocycles. The lowest BCUT2D eigenvalue weighted by molar-refractivity contribution is -0.124. The van der Waals surface area contributed by atoms with Crippen molar-refractivity contribution in [2.45, 2.75) is 52.0 Å². The Morgan fingerprint density at radius 2 is 2.27 bits per heavy atom. The van der Waals surface area contributed by atoms with E-state index in [1.165, 1.54) is 12.8 Å². The minimum atomic E-state index is -0.461. The fraction of sp³-hybridized carbons (Fsp3) is 0.833. The van der Waals surface area contributed by atoms with Gasteiger partial charge in [-0.1, -0.05) is 26.2 Å². The van der Waals surface area contributed by atoms with E-state index in [0.29, 0.717) is 6.42 Å². The minimum Gasteiger partial charge on any atom is -0.353 e. The Balaban J connectivity index is 2.28. The molecule has 0 heterocycles. The van der Waals surface area contributed by atoms with Gasteiger partial charge in [-0.2, -0.15) is 5.26 Å². The Morgan fingerprint density at radius 3 is 2.73 bits per heavy atom. The van der Waals surface area contributed by atoms with Gasteiger partial charge in [0.05, 0.1) is 6.07 Å². The normalized spacial score (nSPS) is 19.0. The lowest BCUT2D eigenvalue weighted by Gasteiger charge is -2.15. The molecular formula is C12H20N2O. The molecule has 1 aliphatic carbocycles. The lowest BCUT2D eigenvalue weighted by atomic mass is 10.0. The Kier molecular flexibility index (Phi) is 4.61. The predicted molar refractivity (Wildman–Crippen MR) is 59.0 cm³/mol. The molecule has 2 atom stereocenters. The van der Waals surface area contributed by atoms with Crippen LogP contribution in [0.15, 0.2) is 0 Å². The summed E-state index contributed by atoms with van der Waals surface area (Å²) >= 11 is 0. The summed E-state index contributed by atoms with van der Waals surface area (Å²) in [5, 5.41) is 11.7. The Morgan fingerprint density at radius 1 is 1.60 bits per heavy atom. The number of amides is 1. The van der Waals surface area contributed by atoms with Crippen molar-refractivity contribution in [2.75, 3.05) is 0 Å².